The van der Waals surface area contributed by atoms with Crippen molar-refractivity contribution in [1.82, 2.24) is 4.98 Å². The zero-order valence-electron chi connectivity index (χ0n) is 10.8. The first kappa shape index (κ1) is 12.7. The number of halogens is 2. The van der Waals surface area contributed by atoms with Gasteiger partial charge in [0.15, 0.2) is 5.43 Å². The molecule has 0 saturated carbocycles. The van der Waals surface area contributed by atoms with Crippen molar-refractivity contribution in [3.63, 3.8) is 0 Å². The van der Waals surface area contributed by atoms with Gasteiger partial charge in [-0.25, -0.2) is 8.78 Å². The van der Waals surface area contributed by atoms with Crippen LogP contribution in [0.1, 0.15) is 36.6 Å². The van der Waals surface area contributed by atoms with Gasteiger partial charge in [0.25, 0.3) is 0 Å². The molecule has 0 radical (unpaired) electrons. The Morgan fingerprint density at radius 2 is 1.83 bits per heavy atom. The van der Waals surface area contributed by atoms with Gasteiger partial charge in [0.05, 0.1) is 10.9 Å². The summed E-state index contributed by atoms with van der Waals surface area (Å²) >= 11 is 0. The molecule has 0 bridgehead atoms. The number of H-pyrrole nitrogens is 1. The van der Waals surface area contributed by atoms with Gasteiger partial charge in [-0.05, 0) is 31.4 Å². The predicted octanol–water partition coefficient (Wildman–Crippen LogP) is 3.55. The molecule has 2 rings (SSSR count). The number of aromatic amines is 1. The fraction of sp³-hybridized carbons (Fsp3) is 0.357. The summed E-state index contributed by atoms with van der Waals surface area (Å²) in [7, 11) is 0. The Morgan fingerprint density at radius 3 is 2.39 bits per heavy atom. The maximum atomic E-state index is 14.0. The topological polar surface area (TPSA) is 32.9 Å². The van der Waals surface area contributed by atoms with Gasteiger partial charge in [-0.2, -0.15) is 0 Å². The molecule has 0 aliphatic rings. The van der Waals surface area contributed by atoms with Gasteiger partial charge in [-0.15, -0.1) is 0 Å². The van der Waals surface area contributed by atoms with Crippen molar-refractivity contribution in [1.29, 1.82) is 0 Å². The van der Waals surface area contributed by atoms with Crippen LogP contribution in [0.2, 0.25) is 0 Å². The lowest BCUT2D eigenvalue weighted by atomic mass is 9.98. The van der Waals surface area contributed by atoms with Crippen LogP contribution in [0.15, 0.2) is 10.9 Å². The smallest absolute Gasteiger partial charge is 0.196 e. The van der Waals surface area contributed by atoms with E-state index in [1.54, 1.807) is 6.92 Å². The quantitative estimate of drug-likeness (QED) is 0.826. The predicted molar refractivity (Wildman–Crippen MR) is 68.0 cm³/mol. The Balaban J connectivity index is 3.07. The lowest BCUT2D eigenvalue weighted by Crippen LogP contribution is -2.17. The van der Waals surface area contributed by atoms with Crippen molar-refractivity contribution in [3.05, 3.63) is 44.7 Å². The minimum absolute atomic E-state index is 0.0406. The van der Waals surface area contributed by atoms with Gasteiger partial charge >= 0.3 is 0 Å². The number of nitrogens with one attached hydrogen (secondary N) is 1. The van der Waals surface area contributed by atoms with Gasteiger partial charge in [0.2, 0.25) is 0 Å². The molecule has 0 fully saturated rings. The molecule has 18 heavy (non-hydrogen) atoms. The third-order valence-electron chi connectivity index (χ3n) is 3.16. The van der Waals surface area contributed by atoms with Gasteiger partial charge in [0.1, 0.15) is 11.6 Å². The van der Waals surface area contributed by atoms with Gasteiger partial charge in [-0.3, -0.25) is 4.79 Å². The highest BCUT2D eigenvalue weighted by atomic mass is 19.1. The first-order valence-corrected chi connectivity index (χ1v) is 5.85. The van der Waals surface area contributed by atoms with Gasteiger partial charge in [0, 0.05) is 11.3 Å². The summed E-state index contributed by atoms with van der Waals surface area (Å²) in [5.41, 5.74) is 0.765. The SMILES string of the molecule is Cc1cc(F)c2[nH]c(C)c(C(C)C)c(=O)c2c1F. The molecule has 2 aromatic rings. The Labute approximate surface area is 104 Å². The monoisotopic (exact) mass is 251 g/mol. The highest BCUT2D eigenvalue weighted by molar-refractivity contribution is 5.81. The number of fused-ring (bicyclic) bond motifs is 1. The summed E-state index contributed by atoms with van der Waals surface area (Å²) in [6.45, 7) is 6.86. The Morgan fingerprint density at radius 1 is 1.22 bits per heavy atom. The van der Waals surface area contributed by atoms with E-state index in [-0.39, 0.29) is 22.4 Å². The summed E-state index contributed by atoms with van der Waals surface area (Å²) in [6, 6.07) is 1.10. The second kappa shape index (κ2) is 4.19. The molecule has 0 atom stereocenters. The molecule has 1 aromatic heterocycles. The van der Waals surface area contributed by atoms with E-state index in [0.717, 1.165) is 6.07 Å². The maximum absolute atomic E-state index is 14.0. The van der Waals surface area contributed by atoms with E-state index >= 15 is 0 Å². The van der Waals surface area contributed by atoms with E-state index in [1.165, 1.54) is 6.92 Å². The van der Waals surface area contributed by atoms with Crippen molar-refractivity contribution in [2.45, 2.75) is 33.6 Å². The molecule has 0 aliphatic heterocycles. The minimum atomic E-state index is -0.644. The lowest BCUT2D eigenvalue weighted by Gasteiger charge is -2.12. The first-order valence-electron chi connectivity index (χ1n) is 5.85. The molecular weight excluding hydrogens is 236 g/mol. The Bertz CT molecular complexity index is 686. The van der Waals surface area contributed by atoms with E-state index in [1.807, 2.05) is 13.8 Å². The summed E-state index contributed by atoms with van der Waals surface area (Å²) < 4.78 is 27.8. The molecule has 2 nitrogen and oxygen atoms in total. The summed E-state index contributed by atoms with van der Waals surface area (Å²) in [4.78, 5) is 15.1. The number of pyridine rings is 1. The highest BCUT2D eigenvalue weighted by Crippen LogP contribution is 2.23. The van der Waals surface area contributed by atoms with Crippen LogP contribution in [0.25, 0.3) is 10.9 Å². The normalized spacial score (nSPS) is 11.5. The first-order chi connectivity index (χ1) is 8.34. The van der Waals surface area contributed by atoms with Crippen LogP contribution in [-0.2, 0) is 0 Å². The highest BCUT2D eigenvalue weighted by Gasteiger charge is 2.18. The lowest BCUT2D eigenvalue weighted by molar-refractivity contribution is 0.606. The van der Waals surface area contributed by atoms with Crippen LogP contribution < -0.4 is 5.43 Å². The number of hydrogen-bond acceptors (Lipinski definition) is 1. The van der Waals surface area contributed by atoms with Crippen LogP contribution in [-0.4, -0.2) is 4.98 Å². The molecule has 1 N–H and O–H groups in total. The number of aromatic nitrogens is 1. The molecule has 4 heteroatoms. The average Bonchev–Trinajstić information content (AvgIpc) is 2.25. The Hall–Kier alpha value is -1.71. The van der Waals surface area contributed by atoms with Crippen LogP contribution in [0.4, 0.5) is 8.78 Å². The zero-order valence-corrected chi connectivity index (χ0v) is 10.8. The van der Waals surface area contributed by atoms with Gasteiger partial charge < -0.3 is 4.98 Å². The summed E-state index contributed by atoms with van der Waals surface area (Å²) in [6.07, 6.45) is 0. The average molecular weight is 251 g/mol. The van der Waals surface area contributed by atoms with Crippen molar-refractivity contribution in [3.8, 4) is 0 Å². The number of aryl methyl sites for hydroxylation is 2. The van der Waals surface area contributed by atoms with Crippen LogP contribution >= 0.6 is 0 Å². The number of rotatable bonds is 1. The second-order valence-electron chi connectivity index (χ2n) is 4.89. The fourth-order valence-corrected chi connectivity index (χ4v) is 2.34. The van der Waals surface area contributed by atoms with Crippen LogP contribution in [0, 0.1) is 25.5 Å². The maximum Gasteiger partial charge on any atom is 0.196 e. The molecule has 0 saturated heterocycles. The van der Waals surface area contributed by atoms with Crippen molar-refractivity contribution < 1.29 is 8.78 Å². The van der Waals surface area contributed by atoms with Crippen LogP contribution in [0.3, 0.4) is 0 Å². The molecule has 96 valence electrons. The number of hydrogen-bond donors (Lipinski definition) is 1. The van der Waals surface area contributed by atoms with E-state index < -0.39 is 17.1 Å². The van der Waals surface area contributed by atoms with Crippen molar-refractivity contribution in [2.24, 2.45) is 0 Å². The largest absolute Gasteiger partial charge is 0.356 e. The molecular formula is C14H15F2NO. The summed E-state index contributed by atoms with van der Waals surface area (Å²) in [5.74, 6) is -1.28. The Kier molecular flexibility index (Phi) is 2.97. The van der Waals surface area contributed by atoms with Crippen molar-refractivity contribution >= 4 is 10.9 Å². The molecule has 0 amide bonds. The van der Waals surface area contributed by atoms with E-state index in [0.29, 0.717) is 11.3 Å². The molecule has 1 heterocycles. The second-order valence-corrected chi connectivity index (χ2v) is 4.89. The van der Waals surface area contributed by atoms with Crippen LogP contribution in [0.5, 0.6) is 0 Å². The molecule has 1 aromatic carbocycles. The van der Waals surface area contributed by atoms with E-state index in [4.69, 9.17) is 0 Å². The fourth-order valence-electron chi connectivity index (χ4n) is 2.34. The standard InChI is InChI=1S/C14H15F2NO/c1-6(2)10-8(4)17-13-9(15)5-7(3)12(16)11(13)14(10)18/h5-6H,1-4H3,(H,17,18). The van der Waals surface area contributed by atoms with E-state index in [2.05, 4.69) is 4.98 Å². The van der Waals surface area contributed by atoms with Crippen molar-refractivity contribution in [2.75, 3.05) is 0 Å². The molecule has 0 aliphatic carbocycles. The summed E-state index contributed by atoms with van der Waals surface area (Å²) in [5, 5.41) is -0.179. The number of benzene rings is 1. The van der Waals surface area contributed by atoms with Gasteiger partial charge in [-0.1, -0.05) is 13.8 Å². The third-order valence-corrected chi connectivity index (χ3v) is 3.16. The molecule has 0 unspecified atom stereocenters. The molecule has 0 spiro atoms. The minimum Gasteiger partial charge on any atom is -0.356 e. The zero-order chi connectivity index (χ0) is 13.6. The third kappa shape index (κ3) is 1.72. The van der Waals surface area contributed by atoms with E-state index in [9.17, 15) is 13.6 Å².